The fraction of sp³-hybridized carbons (Fsp3) is 0.429. The van der Waals surface area contributed by atoms with Crippen molar-refractivity contribution in [3.8, 4) is 5.75 Å². The highest BCUT2D eigenvalue weighted by Crippen LogP contribution is 2.25. The summed E-state index contributed by atoms with van der Waals surface area (Å²) < 4.78 is 5.80. The fourth-order valence-electron chi connectivity index (χ4n) is 5.77. The molecule has 0 spiro atoms. The number of amides is 3. The summed E-state index contributed by atoms with van der Waals surface area (Å²) in [5.74, 6) is -2.15. The molecule has 1 aromatic heterocycles. The Kier molecular flexibility index (Phi) is 10.7. The molecule has 0 radical (unpaired) electrons. The molecule has 4 rings (SSSR count). The normalized spacial score (nSPS) is 27.5. The summed E-state index contributed by atoms with van der Waals surface area (Å²) in [7, 11) is 1.55. The molecule has 240 valence electrons. The Morgan fingerprint density at radius 1 is 0.911 bits per heavy atom. The minimum absolute atomic E-state index is 0.0466. The molecule has 45 heavy (non-hydrogen) atoms. The highest BCUT2D eigenvalue weighted by molar-refractivity contribution is 5.93. The number of ether oxygens (including phenoxy) is 1. The Hall–Kier alpha value is -4.60. The first-order chi connectivity index (χ1) is 21.3. The van der Waals surface area contributed by atoms with Gasteiger partial charge in [-0.25, -0.2) is 0 Å². The molecule has 10 heteroatoms. The van der Waals surface area contributed by atoms with E-state index in [0.717, 1.165) is 22.0 Å². The molecule has 2 aromatic carbocycles. The number of hydrogen-bond acceptors (Lipinski definition) is 6. The number of phenolic OH excluding ortho intramolecular Hbond substituents is 1. The number of hydrogen-bond donors (Lipinski definition) is 4. The third-order valence-electron chi connectivity index (χ3n) is 8.60. The Morgan fingerprint density at radius 3 is 2.31 bits per heavy atom. The zero-order valence-electron chi connectivity index (χ0n) is 26.8. The van der Waals surface area contributed by atoms with E-state index in [2.05, 4.69) is 15.6 Å². The highest BCUT2D eigenvalue weighted by Gasteiger charge is 2.34. The van der Waals surface area contributed by atoms with Gasteiger partial charge in [0, 0.05) is 42.4 Å². The minimum Gasteiger partial charge on any atom is -0.508 e. The average molecular weight is 617 g/mol. The maximum Gasteiger partial charge on any atom is 0.308 e. The van der Waals surface area contributed by atoms with E-state index in [1.54, 1.807) is 33.0 Å². The number of fused-ring (bicyclic) bond motifs is 1. The number of esters is 1. The van der Waals surface area contributed by atoms with Gasteiger partial charge < -0.3 is 30.4 Å². The number of benzene rings is 2. The van der Waals surface area contributed by atoms with Crippen molar-refractivity contribution < 1.29 is 29.0 Å². The number of cyclic esters (lactones) is 1. The van der Waals surface area contributed by atoms with Crippen molar-refractivity contribution in [2.45, 2.75) is 78.1 Å². The first-order valence-electron chi connectivity index (χ1n) is 15.4. The van der Waals surface area contributed by atoms with Crippen LogP contribution in [0.1, 0.15) is 64.6 Å². The minimum atomic E-state index is -0.980. The van der Waals surface area contributed by atoms with Crippen LogP contribution in [0.3, 0.4) is 0 Å². The number of nitrogens with zero attached hydrogens (tertiary/aromatic N) is 1. The predicted molar refractivity (Wildman–Crippen MR) is 172 cm³/mol. The molecule has 1 aliphatic rings. The number of allylic oxidation sites excluding steroid dienone is 1. The van der Waals surface area contributed by atoms with Gasteiger partial charge in [0.1, 0.15) is 23.9 Å². The lowest BCUT2D eigenvalue weighted by atomic mass is 9.96. The molecule has 10 nitrogen and oxygen atoms in total. The van der Waals surface area contributed by atoms with Gasteiger partial charge in [-0.1, -0.05) is 55.8 Å². The van der Waals surface area contributed by atoms with E-state index < -0.39 is 47.9 Å². The monoisotopic (exact) mass is 616 g/mol. The zero-order chi connectivity index (χ0) is 32.8. The summed E-state index contributed by atoms with van der Waals surface area (Å²) in [4.78, 5) is 58.8. The second kappa shape index (κ2) is 14.5. The molecule has 4 N–H and O–H groups in total. The molecular formula is C35H44N4O6. The van der Waals surface area contributed by atoms with E-state index in [-0.39, 0.29) is 30.4 Å². The van der Waals surface area contributed by atoms with Crippen molar-refractivity contribution in [1.82, 2.24) is 20.5 Å². The number of aromatic nitrogens is 1. The van der Waals surface area contributed by atoms with Gasteiger partial charge in [-0.15, -0.1) is 0 Å². The standard InChI is InChI=1S/C35H44N4O6/c1-20-15-21(2)24(5)45-32(41)18-30(25-11-13-27(40)14-12-25)38-34(43)31(17-26-19-36-29-10-8-7-9-28(26)29)39(6)35(44)23(4)37-33(42)22(3)16-20/h7-15,19,21-24,30-31,36,40H,16-18H2,1-6H3,(H,37,42)(H,38,43)/b20-15+/t21?,22?,23?,24?,30-,31?/m1/s1. The Balaban J connectivity index is 1.73. The van der Waals surface area contributed by atoms with Crippen LogP contribution in [0.5, 0.6) is 5.75 Å². The average Bonchev–Trinajstić information content (AvgIpc) is 3.41. The Bertz CT molecular complexity index is 1560. The summed E-state index contributed by atoms with van der Waals surface area (Å²) in [5, 5.41) is 16.6. The number of H-pyrrole nitrogens is 1. The summed E-state index contributed by atoms with van der Waals surface area (Å²) >= 11 is 0. The lowest BCUT2D eigenvalue weighted by molar-refractivity contribution is -0.150. The molecule has 0 fully saturated rings. The van der Waals surface area contributed by atoms with Gasteiger partial charge >= 0.3 is 5.97 Å². The number of aromatic hydroxyl groups is 1. The van der Waals surface area contributed by atoms with Crippen molar-refractivity contribution in [2.75, 3.05) is 7.05 Å². The van der Waals surface area contributed by atoms with Crippen LogP contribution in [0, 0.1) is 11.8 Å². The van der Waals surface area contributed by atoms with E-state index >= 15 is 0 Å². The maximum atomic E-state index is 14.1. The highest BCUT2D eigenvalue weighted by atomic mass is 16.5. The molecule has 5 unspecified atom stereocenters. The second-order valence-electron chi connectivity index (χ2n) is 12.3. The number of nitrogens with one attached hydrogen (secondary N) is 3. The van der Waals surface area contributed by atoms with Gasteiger partial charge in [-0.05, 0) is 56.5 Å². The molecule has 3 amide bonds. The molecule has 0 aliphatic carbocycles. The van der Waals surface area contributed by atoms with Gasteiger partial charge in [0.05, 0.1) is 12.5 Å². The first-order valence-corrected chi connectivity index (χ1v) is 15.4. The van der Waals surface area contributed by atoms with Crippen molar-refractivity contribution in [2.24, 2.45) is 11.8 Å². The summed E-state index contributed by atoms with van der Waals surface area (Å²) in [6.45, 7) is 9.10. The number of phenols is 1. The van der Waals surface area contributed by atoms with Crippen LogP contribution < -0.4 is 10.6 Å². The number of carbonyl (C=O) groups excluding carboxylic acids is 4. The topological polar surface area (TPSA) is 141 Å². The van der Waals surface area contributed by atoms with Crippen molar-refractivity contribution in [3.63, 3.8) is 0 Å². The SMILES string of the molecule is C/C1=C\C(C)C(C)OC(=O)C[C@H](c2ccc(O)cc2)NC(=O)C(Cc2c[nH]c3ccccc23)N(C)C(=O)C(C)NC(=O)C(C)C1. The molecule has 0 saturated heterocycles. The van der Waals surface area contributed by atoms with Crippen molar-refractivity contribution in [1.29, 1.82) is 0 Å². The number of rotatable bonds is 3. The second-order valence-corrected chi connectivity index (χ2v) is 12.3. The van der Waals surface area contributed by atoms with Crippen LogP contribution in [0.4, 0.5) is 0 Å². The lowest BCUT2D eigenvalue weighted by Crippen LogP contribution is -2.55. The Labute approximate surface area is 264 Å². The van der Waals surface area contributed by atoms with Crippen LogP contribution in [0.15, 0.2) is 66.4 Å². The predicted octanol–water partition coefficient (Wildman–Crippen LogP) is 4.55. The zero-order valence-corrected chi connectivity index (χ0v) is 26.8. The van der Waals surface area contributed by atoms with Gasteiger partial charge in [-0.2, -0.15) is 0 Å². The largest absolute Gasteiger partial charge is 0.508 e. The number of likely N-dealkylation sites (N-methyl/N-ethyl adjacent to an activating group) is 1. The van der Waals surface area contributed by atoms with Crippen LogP contribution in [0.2, 0.25) is 0 Å². The summed E-state index contributed by atoms with van der Waals surface area (Å²) in [5.41, 5.74) is 3.30. The van der Waals surface area contributed by atoms with Gasteiger partial charge in [0.25, 0.3) is 0 Å². The van der Waals surface area contributed by atoms with Crippen LogP contribution in [-0.2, 0) is 30.3 Å². The van der Waals surface area contributed by atoms with E-state index in [4.69, 9.17) is 4.74 Å². The van der Waals surface area contributed by atoms with Crippen molar-refractivity contribution in [3.05, 3.63) is 77.5 Å². The van der Waals surface area contributed by atoms with Gasteiger partial charge in [-0.3, -0.25) is 19.2 Å². The number of para-hydroxylation sites is 1. The van der Waals surface area contributed by atoms with E-state index in [0.29, 0.717) is 12.0 Å². The fourth-order valence-corrected chi connectivity index (χ4v) is 5.77. The molecule has 2 heterocycles. The molecule has 1 aliphatic heterocycles. The molecule has 3 aromatic rings. The van der Waals surface area contributed by atoms with Gasteiger partial charge in [0.15, 0.2) is 0 Å². The van der Waals surface area contributed by atoms with Gasteiger partial charge in [0.2, 0.25) is 17.7 Å². The van der Waals surface area contributed by atoms with E-state index in [1.807, 2.05) is 57.3 Å². The molecule has 6 atom stereocenters. The van der Waals surface area contributed by atoms with Crippen molar-refractivity contribution >= 4 is 34.6 Å². The first kappa shape index (κ1) is 33.3. The Morgan fingerprint density at radius 2 is 1.60 bits per heavy atom. The third-order valence-corrected chi connectivity index (χ3v) is 8.60. The summed E-state index contributed by atoms with van der Waals surface area (Å²) in [6.07, 6.45) is 3.86. The van der Waals surface area contributed by atoms with E-state index in [9.17, 15) is 24.3 Å². The van der Waals surface area contributed by atoms with Crippen LogP contribution >= 0.6 is 0 Å². The number of carbonyl (C=O) groups is 4. The van der Waals surface area contributed by atoms with E-state index in [1.165, 1.54) is 17.0 Å². The third kappa shape index (κ3) is 8.32. The van der Waals surface area contributed by atoms with Crippen LogP contribution in [-0.4, -0.2) is 63.9 Å². The maximum absolute atomic E-state index is 14.1. The number of aromatic amines is 1. The molecule has 0 saturated carbocycles. The van der Waals surface area contributed by atoms with Crippen LogP contribution in [0.25, 0.3) is 10.9 Å². The quantitative estimate of drug-likeness (QED) is 0.251. The smallest absolute Gasteiger partial charge is 0.308 e. The lowest BCUT2D eigenvalue weighted by Gasteiger charge is -2.32. The molecular weight excluding hydrogens is 572 g/mol. The summed E-state index contributed by atoms with van der Waals surface area (Å²) in [6, 6.07) is 11.3. The molecule has 0 bridgehead atoms.